The molecule has 0 spiro atoms. The Morgan fingerprint density at radius 1 is 0.930 bits per heavy atom. The van der Waals surface area contributed by atoms with E-state index in [2.05, 4.69) is 0 Å². The summed E-state index contributed by atoms with van der Waals surface area (Å²) >= 11 is 19.8. The van der Waals surface area contributed by atoms with E-state index >= 15 is 0 Å². The van der Waals surface area contributed by atoms with Crippen molar-refractivity contribution in [3.05, 3.63) is 95.6 Å². The Morgan fingerprint density at radius 3 is 2.09 bits per heavy atom. The lowest BCUT2D eigenvalue weighted by molar-refractivity contribution is -0.223. The van der Waals surface area contributed by atoms with Crippen LogP contribution >= 0.6 is 46.6 Å². The van der Waals surface area contributed by atoms with Gasteiger partial charge in [-0.25, -0.2) is 4.79 Å². The molecule has 8 nitrogen and oxygen atoms in total. The van der Waals surface area contributed by atoms with Crippen molar-refractivity contribution in [2.45, 2.75) is 58.6 Å². The monoisotopic (exact) mass is 669 g/mol. The summed E-state index contributed by atoms with van der Waals surface area (Å²) in [5.41, 5.74) is 1.93. The van der Waals surface area contributed by atoms with E-state index < -0.39 is 52.8 Å². The maximum Gasteiger partial charge on any atom is 0.407 e. The average Bonchev–Trinajstić information content (AvgIpc) is 2.99. The molecule has 0 aliphatic carbocycles. The number of rotatable bonds is 12. The Morgan fingerprint density at radius 2 is 1.53 bits per heavy atom. The summed E-state index contributed by atoms with van der Waals surface area (Å²) < 4.78 is 22.6. The molecule has 0 aromatic heterocycles. The zero-order chi connectivity index (χ0) is 31.0. The molecule has 4 rings (SSSR count). The van der Waals surface area contributed by atoms with Crippen molar-refractivity contribution >= 4 is 52.7 Å². The number of amides is 1. The van der Waals surface area contributed by atoms with Gasteiger partial charge in [-0.15, -0.1) is 0 Å². The van der Waals surface area contributed by atoms with Gasteiger partial charge in [-0.3, -0.25) is 4.90 Å². The third-order valence-corrected chi connectivity index (χ3v) is 8.43. The Labute approximate surface area is 270 Å². The summed E-state index contributed by atoms with van der Waals surface area (Å²) in [5, 5.41) is 20.9. The molecule has 12 heteroatoms. The minimum Gasteiger partial charge on any atom is -0.497 e. The molecular formula is C31H34Cl3NO7S. The van der Waals surface area contributed by atoms with Crippen LogP contribution in [0.3, 0.4) is 0 Å². The van der Waals surface area contributed by atoms with Gasteiger partial charge in [0.05, 0.1) is 39.5 Å². The largest absolute Gasteiger partial charge is 0.497 e. The van der Waals surface area contributed by atoms with E-state index in [1.165, 1.54) is 11.8 Å². The number of hydrogen-bond donors (Lipinski definition) is 2. The van der Waals surface area contributed by atoms with Crippen LogP contribution in [0.1, 0.15) is 16.7 Å². The number of methoxy groups -OCH3 is 1. The number of hydrogen-bond acceptors (Lipinski definition) is 7. The average molecular weight is 671 g/mol. The minimum absolute atomic E-state index is 0.109. The highest BCUT2D eigenvalue weighted by molar-refractivity contribution is 7.99. The number of aliphatic hydroxyl groups excluding tert-OH is 1. The first kappa shape index (κ1) is 33.7. The molecule has 2 N–H and O–H groups in total. The van der Waals surface area contributed by atoms with E-state index in [9.17, 15) is 15.0 Å². The Hall–Kier alpha value is -2.21. The molecule has 1 aliphatic rings. The molecule has 1 aliphatic heterocycles. The molecule has 0 saturated carbocycles. The predicted octanol–water partition coefficient (Wildman–Crippen LogP) is 6.70. The predicted molar refractivity (Wildman–Crippen MR) is 168 cm³/mol. The second kappa shape index (κ2) is 15.7. The number of halogens is 3. The van der Waals surface area contributed by atoms with Gasteiger partial charge in [-0.1, -0.05) is 107 Å². The number of aryl methyl sites for hydroxylation is 1. The molecule has 5 atom stereocenters. The molecule has 0 bridgehead atoms. The van der Waals surface area contributed by atoms with Gasteiger partial charge in [0, 0.05) is 4.90 Å². The van der Waals surface area contributed by atoms with Crippen molar-refractivity contribution in [1.82, 2.24) is 4.90 Å². The fourth-order valence-electron chi connectivity index (χ4n) is 4.78. The zero-order valence-corrected chi connectivity index (χ0v) is 26.7. The number of carboxylic acid groups (broad SMARTS) is 1. The first-order valence-electron chi connectivity index (χ1n) is 13.5. The summed E-state index contributed by atoms with van der Waals surface area (Å²) in [7, 11) is 1.58. The topological polar surface area (TPSA) is 97.7 Å². The van der Waals surface area contributed by atoms with Crippen molar-refractivity contribution < 1.29 is 34.0 Å². The third-order valence-electron chi connectivity index (χ3n) is 6.91. The molecule has 1 unspecified atom stereocenters. The fraction of sp³-hybridized carbons (Fsp3) is 0.387. The van der Waals surface area contributed by atoms with Crippen LogP contribution in [0.5, 0.6) is 5.75 Å². The van der Waals surface area contributed by atoms with Gasteiger partial charge >= 0.3 is 6.09 Å². The lowest BCUT2D eigenvalue weighted by atomic mass is 9.96. The molecule has 3 aromatic carbocycles. The second-order valence-electron chi connectivity index (χ2n) is 10.1. The highest BCUT2D eigenvalue weighted by atomic mass is 35.6. The highest BCUT2D eigenvalue weighted by Gasteiger charge is 2.52. The molecule has 3 aromatic rings. The standard InChI is InChI=1S/C31H34Cl3NO7S/c1-20-8-14-24(15-9-20)43-29-26(35(30(37)38)19-31(32,33)34)28(41-18-22-10-12-23(39-2)13-11-22)27(25(16-36)42-29)40-17-21-6-4-3-5-7-21/h3-15,25-29,36H,16-19H2,1-2H3,(H,37,38)/t25-,26-,27-,28-,29?/m1/s1. The molecule has 0 radical (unpaired) electrons. The maximum atomic E-state index is 12.8. The van der Waals surface area contributed by atoms with Crippen LogP contribution < -0.4 is 4.74 Å². The quantitative estimate of drug-likeness (QED) is 0.206. The molecule has 1 fully saturated rings. The smallest absolute Gasteiger partial charge is 0.407 e. The maximum absolute atomic E-state index is 12.8. The molecule has 1 amide bonds. The normalized spacial score (nSPS) is 22.2. The van der Waals surface area contributed by atoms with E-state index in [-0.39, 0.29) is 13.2 Å². The molecular weight excluding hydrogens is 637 g/mol. The van der Waals surface area contributed by atoms with Crippen LogP contribution in [0.2, 0.25) is 0 Å². The van der Waals surface area contributed by atoms with E-state index in [0.717, 1.165) is 26.5 Å². The van der Waals surface area contributed by atoms with E-state index in [4.69, 9.17) is 53.8 Å². The number of aliphatic hydroxyl groups is 1. The van der Waals surface area contributed by atoms with Crippen molar-refractivity contribution in [3.8, 4) is 5.75 Å². The summed E-state index contributed by atoms with van der Waals surface area (Å²) in [4.78, 5) is 14.6. The van der Waals surface area contributed by atoms with Crippen LogP contribution in [-0.2, 0) is 27.4 Å². The number of alkyl halides is 3. The summed E-state index contributed by atoms with van der Waals surface area (Å²) in [6.07, 6.45) is -3.97. The van der Waals surface area contributed by atoms with Crippen LogP contribution in [0.25, 0.3) is 0 Å². The minimum atomic E-state index is -1.92. The Balaban J connectivity index is 1.74. The highest BCUT2D eigenvalue weighted by Crippen LogP contribution is 2.40. The molecule has 1 saturated heterocycles. The SMILES string of the molecule is COc1ccc(CO[C@H]2[C@H](OCc3ccccc3)[C@@H](CO)OC(Sc3ccc(C)cc3)[C@@H]2N(CC(Cl)(Cl)Cl)C(=O)O)cc1. The van der Waals surface area contributed by atoms with E-state index in [0.29, 0.717) is 5.75 Å². The van der Waals surface area contributed by atoms with Crippen molar-refractivity contribution in [2.24, 2.45) is 0 Å². The molecule has 43 heavy (non-hydrogen) atoms. The number of carbonyl (C=O) groups is 1. The van der Waals surface area contributed by atoms with Gasteiger partial charge in [-0.2, -0.15) is 0 Å². The third kappa shape index (κ3) is 9.64. The first-order chi connectivity index (χ1) is 20.6. The number of nitrogens with zero attached hydrogens (tertiary/aromatic N) is 1. The molecule has 232 valence electrons. The van der Waals surface area contributed by atoms with Gasteiger partial charge in [0.1, 0.15) is 29.5 Å². The van der Waals surface area contributed by atoms with Crippen LogP contribution in [-0.4, -0.2) is 75.0 Å². The number of ether oxygens (including phenoxy) is 4. The summed E-state index contributed by atoms with van der Waals surface area (Å²) in [5.74, 6) is 0.686. The van der Waals surface area contributed by atoms with Gasteiger partial charge in [0.25, 0.3) is 0 Å². The summed E-state index contributed by atoms with van der Waals surface area (Å²) in [6, 6.07) is 23.5. The van der Waals surface area contributed by atoms with Gasteiger partial charge in [0.15, 0.2) is 0 Å². The van der Waals surface area contributed by atoms with Crippen molar-refractivity contribution in [1.29, 1.82) is 0 Å². The zero-order valence-electron chi connectivity index (χ0n) is 23.6. The summed E-state index contributed by atoms with van der Waals surface area (Å²) in [6.45, 7) is 1.41. The second-order valence-corrected chi connectivity index (χ2v) is 13.7. The number of thioether (sulfide) groups is 1. The lowest BCUT2D eigenvalue weighted by Crippen LogP contribution is -2.66. The lowest BCUT2D eigenvalue weighted by Gasteiger charge is -2.49. The van der Waals surface area contributed by atoms with Crippen LogP contribution in [0.4, 0.5) is 4.79 Å². The van der Waals surface area contributed by atoms with Crippen LogP contribution in [0.15, 0.2) is 83.8 Å². The van der Waals surface area contributed by atoms with E-state index in [1.54, 1.807) is 7.11 Å². The molecule has 1 heterocycles. The number of benzene rings is 3. The Kier molecular flexibility index (Phi) is 12.3. The van der Waals surface area contributed by atoms with Crippen LogP contribution in [0, 0.1) is 6.92 Å². The van der Waals surface area contributed by atoms with Gasteiger partial charge < -0.3 is 29.2 Å². The van der Waals surface area contributed by atoms with Gasteiger partial charge in [-0.05, 0) is 42.3 Å². The van der Waals surface area contributed by atoms with Gasteiger partial charge in [0.2, 0.25) is 3.79 Å². The van der Waals surface area contributed by atoms with E-state index in [1.807, 2.05) is 85.8 Å². The Bertz CT molecular complexity index is 1300. The fourth-order valence-corrected chi connectivity index (χ4v) is 6.37. The van der Waals surface area contributed by atoms with Crippen molar-refractivity contribution in [2.75, 3.05) is 20.3 Å². The van der Waals surface area contributed by atoms with Crippen molar-refractivity contribution in [3.63, 3.8) is 0 Å². The first-order valence-corrected chi connectivity index (χ1v) is 15.6.